The molecule has 41 nitrogen and oxygen atoms in total. The van der Waals surface area contributed by atoms with Gasteiger partial charge in [0.2, 0.25) is 0 Å². The molecular formula is C81H64O41P2S12. The smallest absolute Gasteiger partial charge is 0.295 e. The second-order valence-corrected chi connectivity index (χ2v) is 52.9. The van der Waals surface area contributed by atoms with Gasteiger partial charge >= 0.3 is 0 Å². The Bertz CT molecular complexity index is 8390. The van der Waals surface area contributed by atoms with Crippen LogP contribution in [-0.2, 0) is 165 Å². The van der Waals surface area contributed by atoms with E-state index in [0.29, 0.717) is 72.8 Å². The average Bonchev–Trinajstić information content (AvgIpc) is 0.704. The topological polar surface area (TPSA) is 743 Å². The lowest BCUT2D eigenvalue weighted by Crippen LogP contribution is -2.34. The highest BCUT2D eigenvalue weighted by Crippen LogP contribution is 2.56. The molecule has 20 bridgehead atoms. The van der Waals surface area contributed by atoms with E-state index in [2.05, 4.69) is 0 Å². The van der Waals surface area contributed by atoms with Crippen LogP contribution in [0.25, 0.3) is 22.3 Å². The lowest BCUT2D eigenvalue weighted by atomic mass is 9.76. The Hall–Kier alpha value is -10.6. The first-order chi connectivity index (χ1) is 62.4. The molecule has 0 saturated carbocycles. The molecule has 16 N–H and O–H groups in total. The van der Waals surface area contributed by atoms with Crippen molar-refractivity contribution in [1.82, 2.24) is 0 Å². The second-order valence-electron chi connectivity index (χ2n) is 31.7. The summed E-state index contributed by atoms with van der Waals surface area (Å²) in [7, 11) is -75.8. The number of aromatic hydroxyl groups is 4. The highest BCUT2D eigenvalue weighted by atomic mass is 32.3. The highest BCUT2D eigenvalue weighted by molar-refractivity contribution is 7.89. The third-order valence-corrected chi connectivity index (χ3v) is 38.2. The number of hydrogen-bond donors (Lipinski definition) is 16. The molecule has 26 rings (SSSR count). The van der Waals surface area contributed by atoms with Crippen molar-refractivity contribution in [2.75, 3.05) is 0 Å². The van der Waals surface area contributed by atoms with E-state index < -0.39 is 406 Å². The summed E-state index contributed by atoms with van der Waals surface area (Å²) in [6.07, 6.45) is -7.78. The number of hydrogen-bond acceptors (Lipinski definition) is 29. The summed E-state index contributed by atoms with van der Waals surface area (Å²) in [6, 6.07) is 22.1. The molecule has 55 heteroatoms. The van der Waals surface area contributed by atoms with Crippen molar-refractivity contribution in [3.05, 3.63) is 260 Å². The monoisotopic (exact) mass is 2140 g/mol. The number of benzene rings is 12. The van der Waals surface area contributed by atoms with Gasteiger partial charge in [0.05, 0.1) is 49.0 Å². The summed E-state index contributed by atoms with van der Waals surface area (Å²) in [5.74, 6) is -6.54. The molecule has 0 amide bonds. The van der Waals surface area contributed by atoms with Crippen molar-refractivity contribution >= 4 is 169 Å². The number of ether oxygens (including phenoxy) is 1. The number of rotatable bonds is 14. The maximum atomic E-state index is 14.4. The summed E-state index contributed by atoms with van der Waals surface area (Å²) in [4.78, 5) is -15.1. The van der Waals surface area contributed by atoms with Gasteiger partial charge in [-0.3, -0.25) is 54.6 Å². The van der Waals surface area contributed by atoms with Crippen LogP contribution in [0.3, 0.4) is 0 Å². The quantitative estimate of drug-likeness (QED) is 0.0388. The van der Waals surface area contributed by atoms with Gasteiger partial charge < -0.3 is 25.2 Å². The third-order valence-electron chi connectivity index (χ3n) is 22.7. The third kappa shape index (κ3) is 19.3. The summed E-state index contributed by atoms with van der Waals surface area (Å²) < 4.78 is 475. The average molecular weight is 2140 g/mol. The fourth-order valence-electron chi connectivity index (χ4n) is 16.6. The maximum absolute atomic E-state index is 14.4. The van der Waals surface area contributed by atoms with Crippen molar-refractivity contribution in [3.8, 4) is 56.8 Å². The van der Waals surface area contributed by atoms with E-state index in [0.717, 1.165) is 109 Å². The largest absolute Gasteiger partial charge is 0.507 e. The van der Waals surface area contributed by atoms with Crippen LogP contribution in [0.2, 0.25) is 0 Å². The Morgan fingerprint density at radius 3 is 0.809 bits per heavy atom. The molecule has 0 saturated heterocycles. The SMILES string of the molecule is CC1(C)c2cc(S(=O)(=O)O)cc3c2Oc2c(cc(S(=O)(=O)O)cc21)P(c1cccc(S(=O)(=O)O)c1)c1ccc(c(S(=O)(=O)O)c1)Cc1ccc(cc1S(=O)(=O)O)-c1cc2c(O)c(c1S(=O)(=O)O)Cc1cc(S(=O)(=O)O)cc(c1O)Cc1cc(c(S(=O)(=O)O)c(c1O)Cc1cc(S(=O)(=O)O)cc(c1O)C2)-c1ccc(c(S(=O)(=O)O)c1)Cc1ccc(cc1S(=O)(=O)O)P3c1cccc(S(=O)(=O)O)c1. The number of phenols is 4. The molecule has 1 aliphatic carbocycles. The van der Waals surface area contributed by atoms with E-state index in [4.69, 9.17) is 4.74 Å². The van der Waals surface area contributed by atoms with Gasteiger partial charge in [-0.2, -0.15) is 101 Å². The summed E-state index contributed by atoms with van der Waals surface area (Å²) in [5, 5.41) is 47.4. The minimum atomic E-state index is -6.14. The van der Waals surface area contributed by atoms with Crippen molar-refractivity contribution in [2.45, 2.75) is 117 Å². The Balaban J connectivity index is 1.11. The summed E-state index contributed by atoms with van der Waals surface area (Å²) in [6.45, 7) is 2.49. The van der Waals surface area contributed by atoms with Crippen molar-refractivity contribution in [3.63, 3.8) is 0 Å². The van der Waals surface area contributed by atoms with Gasteiger partial charge in [-0.1, -0.05) is 86.6 Å². The highest BCUT2D eigenvalue weighted by Gasteiger charge is 2.45. The minimum absolute atomic E-state index is 0.399. The van der Waals surface area contributed by atoms with Crippen molar-refractivity contribution in [2.24, 2.45) is 0 Å². The Kier molecular flexibility index (Phi) is 24.9. The van der Waals surface area contributed by atoms with Crippen molar-refractivity contribution < 1.29 is 181 Å². The molecule has 12 aromatic rings. The van der Waals surface area contributed by atoms with E-state index >= 15 is 0 Å². The van der Waals surface area contributed by atoms with Gasteiger partial charge in [0, 0.05) is 110 Å². The second kappa shape index (κ2) is 33.9. The number of phenolic OH excluding ortho intramolecular Hbond substituents is 4. The lowest BCUT2D eigenvalue weighted by molar-refractivity contribution is 0.421. The zero-order valence-electron chi connectivity index (χ0n) is 68.2. The molecule has 0 radical (unpaired) electrons. The molecule has 12 aromatic carbocycles. The Morgan fingerprint density at radius 2 is 0.515 bits per heavy atom. The zero-order chi connectivity index (χ0) is 100. The molecule has 14 aliphatic rings. The predicted molar refractivity (Wildman–Crippen MR) is 480 cm³/mol. The van der Waals surface area contributed by atoms with Gasteiger partial charge in [-0.15, -0.1) is 0 Å². The summed E-state index contributed by atoms with van der Waals surface area (Å²) in [5.41, 5.74) is -17.3. The van der Waals surface area contributed by atoms with Crippen LogP contribution in [0.4, 0.5) is 0 Å². The van der Waals surface area contributed by atoms with Gasteiger partial charge in [0.1, 0.15) is 44.3 Å². The van der Waals surface area contributed by atoms with Crippen LogP contribution in [-0.4, -0.2) is 176 Å². The van der Waals surface area contributed by atoms with Gasteiger partial charge in [-0.25, -0.2) is 0 Å². The van der Waals surface area contributed by atoms with Crippen LogP contribution in [0, 0.1) is 0 Å². The minimum Gasteiger partial charge on any atom is -0.507 e. The molecule has 0 aromatic heterocycles. The van der Waals surface area contributed by atoms with Crippen LogP contribution in [0.15, 0.2) is 241 Å². The van der Waals surface area contributed by atoms with E-state index in [1.165, 1.54) is 13.8 Å². The predicted octanol–water partition coefficient (Wildman–Crippen LogP) is 6.92. The molecule has 716 valence electrons. The molecule has 13 heterocycles. The van der Waals surface area contributed by atoms with Crippen LogP contribution >= 0.6 is 15.8 Å². The molecule has 2 unspecified atom stereocenters. The lowest BCUT2D eigenvalue weighted by Gasteiger charge is -2.39. The van der Waals surface area contributed by atoms with E-state index in [1.807, 2.05) is 0 Å². The fourth-order valence-corrected chi connectivity index (χ4v) is 30.2. The molecule has 13 aliphatic heterocycles. The van der Waals surface area contributed by atoms with Crippen LogP contribution < -0.4 is 36.6 Å². The first-order valence-electron chi connectivity index (χ1n) is 37.9. The normalized spacial score (nSPS) is 15.8. The Morgan fingerprint density at radius 1 is 0.250 bits per heavy atom. The van der Waals surface area contributed by atoms with E-state index in [1.54, 1.807) is 0 Å². The molecule has 2 atom stereocenters. The van der Waals surface area contributed by atoms with E-state index in [-0.39, 0.29) is 0 Å². The Labute approximate surface area is 776 Å². The maximum Gasteiger partial charge on any atom is 0.295 e. The summed E-state index contributed by atoms with van der Waals surface area (Å²) >= 11 is 0. The van der Waals surface area contributed by atoms with Crippen LogP contribution in [0.5, 0.6) is 34.5 Å². The molecule has 0 fully saturated rings. The first kappa shape index (κ1) is 99.9. The molecule has 0 spiro atoms. The molecule has 136 heavy (non-hydrogen) atoms. The van der Waals surface area contributed by atoms with Gasteiger partial charge in [0.25, 0.3) is 121 Å². The van der Waals surface area contributed by atoms with Crippen LogP contribution in [0.1, 0.15) is 91.7 Å². The van der Waals surface area contributed by atoms with Gasteiger partial charge in [-0.05, 0) is 191 Å². The zero-order valence-corrected chi connectivity index (χ0v) is 79.8. The van der Waals surface area contributed by atoms with Gasteiger partial charge in [0.15, 0.2) is 0 Å². The first-order valence-corrected chi connectivity index (χ1v) is 57.9. The van der Waals surface area contributed by atoms with Crippen molar-refractivity contribution in [1.29, 1.82) is 0 Å². The standard InChI is InChI=1S/C81H64O41P2S12/c1-81(2)65-35-59(129(98,99)100)37-67-77(65)122-78-66(81)36-60(130(101,102)103)38-68(78)124(52-6-4-8-56(32-52)126(89,90)91)54-16-14-44(72(34-54)134(113,114)115)18-42-12-10-40(30-70(42)132(107,108)109)62-26-48-20-46-22-58(128(95,96)97)23-49(74(46)83)27-63-75(84)47(19-45-21-57(127(92,93)94)24-50(73(45)82)28-64(76(48)85)80(62)136(119,120)121)25-61(79(63)135(116,117)118)39-9-11-41(69(29-39)131(104,105)106)17-43-13-15-53(33-71(43)133(110,111)112)123(67)51-5-3-7-55(31-51)125(86,87)88/h3-16,21-26,29-38,82-85H,17-20,27-28H2,1-2H3,(H,86,87,88)(H,89,90,91)(H,92,93,94)(H,95,96,97)(H,98,99,100)(H,101,102,103)(H,104,105,106)(H,107,108,109)(H,110,111,112)(H,113,114,115)(H,116,117,118)(H,119,120,121). The van der Waals surface area contributed by atoms with E-state index in [9.17, 15) is 176 Å². The molecular weight excluding hydrogens is 2080 g/mol. The fraction of sp³-hybridized carbons (Fsp3) is 0.111.